The fraction of sp³-hybridized carbons (Fsp3) is 0.333. The minimum atomic E-state index is 0.162. The van der Waals surface area contributed by atoms with Crippen molar-refractivity contribution in [3.05, 3.63) is 99.8 Å². The van der Waals surface area contributed by atoms with Crippen molar-refractivity contribution in [2.24, 2.45) is 0 Å². The first kappa shape index (κ1) is 24.6. The van der Waals surface area contributed by atoms with Gasteiger partial charge < -0.3 is 4.90 Å². The van der Waals surface area contributed by atoms with E-state index in [1.165, 1.54) is 24.0 Å². The number of hydrogen-bond acceptors (Lipinski definition) is 5. The van der Waals surface area contributed by atoms with Crippen LogP contribution in [0.15, 0.2) is 72.8 Å². The third kappa shape index (κ3) is 5.46. The van der Waals surface area contributed by atoms with Crippen molar-refractivity contribution in [1.29, 1.82) is 0 Å². The van der Waals surface area contributed by atoms with Gasteiger partial charge in [-0.1, -0.05) is 59.6 Å². The Morgan fingerprint density at radius 3 is 1.89 bits per heavy atom. The average Bonchev–Trinajstić information content (AvgIpc) is 3.47. The topological polar surface area (TPSA) is 35.5 Å². The maximum absolute atomic E-state index is 6.20. The van der Waals surface area contributed by atoms with Gasteiger partial charge in [0.1, 0.15) is 11.6 Å². The zero-order chi connectivity index (χ0) is 25.2. The van der Waals surface area contributed by atoms with Crippen molar-refractivity contribution < 1.29 is 0 Å². The molecule has 5 nitrogen and oxygen atoms in total. The van der Waals surface area contributed by atoms with E-state index in [1.807, 2.05) is 24.3 Å². The minimum absolute atomic E-state index is 0.162. The molecule has 0 aliphatic carbocycles. The van der Waals surface area contributed by atoms with Crippen LogP contribution in [-0.4, -0.2) is 59.0 Å². The maximum atomic E-state index is 6.20. The number of hydrogen-bond donors (Lipinski definition) is 0. The van der Waals surface area contributed by atoms with Crippen LogP contribution in [0.2, 0.25) is 10.0 Å². The first-order valence-corrected chi connectivity index (χ1v) is 13.9. The van der Waals surface area contributed by atoms with Crippen molar-refractivity contribution in [1.82, 2.24) is 19.8 Å². The van der Waals surface area contributed by atoms with Crippen LogP contribution in [0.4, 0.5) is 5.82 Å². The summed E-state index contributed by atoms with van der Waals surface area (Å²) < 4.78 is 0. The quantitative estimate of drug-likeness (QED) is 0.286. The van der Waals surface area contributed by atoms with Crippen LogP contribution in [0.5, 0.6) is 0 Å². The smallest absolute Gasteiger partial charge is 0.145 e. The molecule has 190 valence electrons. The lowest BCUT2D eigenvalue weighted by molar-refractivity contribution is 0.103. The molecule has 2 fully saturated rings. The standard InChI is InChI=1S/C30H31Cl2N5/c31-24-11-7-22(8-12-24)29(23-9-13-25(32)14-10-23)36-19-17-35(18-20-36)21-28-33-27-6-2-1-5-26(27)30(34-28)37-15-3-4-16-37/h1-2,5-14,29H,3-4,15-21H2. The van der Waals surface area contributed by atoms with Crippen LogP contribution in [0.1, 0.15) is 35.8 Å². The summed E-state index contributed by atoms with van der Waals surface area (Å²) in [7, 11) is 0. The summed E-state index contributed by atoms with van der Waals surface area (Å²) in [6.45, 7) is 6.78. The number of halogens is 2. The van der Waals surface area contributed by atoms with Crippen molar-refractivity contribution in [3.63, 3.8) is 0 Å². The molecule has 2 saturated heterocycles. The van der Waals surface area contributed by atoms with Crippen molar-refractivity contribution in [2.45, 2.75) is 25.4 Å². The Morgan fingerprint density at radius 2 is 1.27 bits per heavy atom. The number of anilines is 1. The highest BCUT2D eigenvalue weighted by molar-refractivity contribution is 6.30. The Bertz CT molecular complexity index is 1300. The summed E-state index contributed by atoms with van der Waals surface area (Å²) in [5, 5.41) is 2.67. The summed E-state index contributed by atoms with van der Waals surface area (Å²) in [4.78, 5) is 17.5. The lowest BCUT2D eigenvalue weighted by Crippen LogP contribution is -2.47. The number of piperazine rings is 1. The highest BCUT2D eigenvalue weighted by Crippen LogP contribution is 2.32. The Morgan fingerprint density at radius 1 is 0.676 bits per heavy atom. The molecular formula is C30H31Cl2N5. The Labute approximate surface area is 228 Å². The normalized spacial score (nSPS) is 17.2. The summed E-state index contributed by atoms with van der Waals surface area (Å²) in [6, 6.07) is 25.0. The molecule has 0 atom stereocenters. The first-order chi connectivity index (χ1) is 18.1. The van der Waals surface area contributed by atoms with Gasteiger partial charge in [-0.25, -0.2) is 9.97 Å². The lowest BCUT2D eigenvalue weighted by Gasteiger charge is -2.39. The van der Waals surface area contributed by atoms with Crippen molar-refractivity contribution in [3.8, 4) is 0 Å². The monoisotopic (exact) mass is 531 g/mol. The van der Waals surface area contributed by atoms with E-state index in [0.717, 1.165) is 78.4 Å². The van der Waals surface area contributed by atoms with Crippen LogP contribution in [0.3, 0.4) is 0 Å². The highest BCUT2D eigenvalue weighted by atomic mass is 35.5. The van der Waals surface area contributed by atoms with Gasteiger partial charge in [-0.2, -0.15) is 0 Å². The molecule has 0 radical (unpaired) electrons. The second-order valence-corrected chi connectivity index (χ2v) is 10.9. The number of fused-ring (bicyclic) bond motifs is 1. The molecule has 0 N–H and O–H groups in total. The minimum Gasteiger partial charge on any atom is -0.356 e. The molecule has 0 unspecified atom stereocenters. The first-order valence-electron chi connectivity index (χ1n) is 13.1. The van der Waals surface area contributed by atoms with Gasteiger partial charge in [0.25, 0.3) is 0 Å². The molecule has 0 amide bonds. The van der Waals surface area contributed by atoms with Gasteiger partial charge >= 0.3 is 0 Å². The number of benzene rings is 3. The van der Waals surface area contributed by atoms with E-state index in [4.69, 9.17) is 33.2 Å². The van der Waals surface area contributed by atoms with E-state index in [2.05, 4.69) is 63.2 Å². The molecule has 2 aliphatic heterocycles. The molecule has 7 heteroatoms. The highest BCUT2D eigenvalue weighted by Gasteiger charge is 2.27. The second kappa shape index (κ2) is 11.0. The number of aromatic nitrogens is 2. The van der Waals surface area contributed by atoms with Gasteiger partial charge in [0, 0.05) is 54.7 Å². The fourth-order valence-electron chi connectivity index (χ4n) is 5.63. The van der Waals surface area contributed by atoms with Crippen LogP contribution < -0.4 is 4.90 Å². The third-order valence-electron chi connectivity index (χ3n) is 7.54. The van der Waals surface area contributed by atoms with Crippen LogP contribution in [0, 0.1) is 0 Å². The number of nitrogens with zero attached hydrogens (tertiary/aromatic N) is 5. The third-order valence-corrected chi connectivity index (χ3v) is 8.05. The molecule has 0 saturated carbocycles. The van der Waals surface area contributed by atoms with E-state index in [0.29, 0.717) is 0 Å². The summed E-state index contributed by atoms with van der Waals surface area (Å²) in [5.74, 6) is 2.02. The van der Waals surface area contributed by atoms with Crippen molar-refractivity contribution in [2.75, 3.05) is 44.2 Å². The number of rotatable bonds is 6. The van der Waals surface area contributed by atoms with Crippen molar-refractivity contribution >= 4 is 39.9 Å². The van der Waals surface area contributed by atoms with E-state index in [-0.39, 0.29) is 6.04 Å². The Balaban J connectivity index is 1.20. The average molecular weight is 533 g/mol. The SMILES string of the molecule is Clc1ccc(C(c2ccc(Cl)cc2)N2CCN(Cc3nc(N4CCCC4)c4ccccc4n3)CC2)cc1. The molecule has 2 aliphatic rings. The summed E-state index contributed by atoms with van der Waals surface area (Å²) in [6.07, 6.45) is 2.47. The predicted molar refractivity (Wildman–Crippen MR) is 153 cm³/mol. The maximum Gasteiger partial charge on any atom is 0.145 e. The van der Waals surface area contributed by atoms with Gasteiger partial charge in [-0.05, 0) is 60.4 Å². The van der Waals surface area contributed by atoms with E-state index in [9.17, 15) is 0 Å². The van der Waals surface area contributed by atoms with Gasteiger partial charge in [-0.15, -0.1) is 0 Å². The molecule has 6 rings (SSSR count). The van der Waals surface area contributed by atoms with Crippen LogP contribution >= 0.6 is 23.2 Å². The molecule has 0 bridgehead atoms. The van der Waals surface area contributed by atoms with Gasteiger partial charge in [0.05, 0.1) is 18.1 Å². The zero-order valence-corrected chi connectivity index (χ0v) is 22.4. The molecule has 3 heterocycles. The van der Waals surface area contributed by atoms with Crippen LogP contribution in [-0.2, 0) is 6.54 Å². The molecule has 0 spiro atoms. The van der Waals surface area contributed by atoms with Crippen LogP contribution in [0.25, 0.3) is 10.9 Å². The largest absolute Gasteiger partial charge is 0.356 e. The van der Waals surface area contributed by atoms with Gasteiger partial charge in [0.15, 0.2) is 0 Å². The van der Waals surface area contributed by atoms with E-state index >= 15 is 0 Å². The number of para-hydroxylation sites is 1. The zero-order valence-electron chi connectivity index (χ0n) is 20.9. The fourth-order valence-corrected chi connectivity index (χ4v) is 5.88. The molecule has 1 aromatic heterocycles. The molecule has 37 heavy (non-hydrogen) atoms. The summed E-state index contributed by atoms with van der Waals surface area (Å²) >= 11 is 12.4. The van der Waals surface area contributed by atoms with E-state index in [1.54, 1.807) is 0 Å². The lowest BCUT2D eigenvalue weighted by atomic mass is 9.96. The second-order valence-electron chi connectivity index (χ2n) is 9.99. The van der Waals surface area contributed by atoms with Gasteiger partial charge in [-0.3, -0.25) is 9.80 Å². The predicted octanol–water partition coefficient (Wildman–Crippen LogP) is 6.44. The Hall–Kier alpha value is -2.70. The molecule has 4 aromatic rings. The van der Waals surface area contributed by atoms with Gasteiger partial charge in [0.2, 0.25) is 0 Å². The Kier molecular flexibility index (Phi) is 7.30. The van der Waals surface area contributed by atoms with E-state index < -0.39 is 0 Å². The molecule has 3 aromatic carbocycles. The summed E-state index contributed by atoms with van der Waals surface area (Å²) in [5.41, 5.74) is 3.53. The molecular weight excluding hydrogens is 501 g/mol.